The smallest absolute Gasteiger partial charge is 0.252 e. The predicted octanol–water partition coefficient (Wildman–Crippen LogP) is 3.19. The van der Waals surface area contributed by atoms with Crippen LogP contribution in [0.3, 0.4) is 0 Å². The lowest BCUT2D eigenvalue weighted by atomic mass is 10.1. The van der Waals surface area contributed by atoms with E-state index in [9.17, 15) is 4.79 Å². The molecule has 0 spiro atoms. The second kappa shape index (κ2) is 6.89. The number of hydrogen-bond acceptors (Lipinski definition) is 3. The third kappa shape index (κ3) is 4.17. The summed E-state index contributed by atoms with van der Waals surface area (Å²) in [6.07, 6.45) is 0.978. The van der Waals surface area contributed by atoms with Crippen LogP contribution in [0.4, 0.5) is 0 Å². The van der Waals surface area contributed by atoms with Crippen molar-refractivity contribution in [2.75, 3.05) is 6.54 Å². The van der Waals surface area contributed by atoms with Crippen molar-refractivity contribution in [3.8, 4) is 0 Å². The Morgan fingerprint density at radius 1 is 1.43 bits per heavy atom. The van der Waals surface area contributed by atoms with Gasteiger partial charge in [-0.25, -0.2) is 0 Å². The summed E-state index contributed by atoms with van der Waals surface area (Å²) in [4.78, 5) is 13.3. The molecule has 2 aromatic heterocycles. The zero-order valence-corrected chi connectivity index (χ0v) is 14.0. The molecular weight excluding hydrogens is 282 g/mol. The highest BCUT2D eigenvalue weighted by Crippen LogP contribution is 2.15. The van der Waals surface area contributed by atoms with Gasteiger partial charge in [0.05, 0.1) is 11.3 Å². The summed E-state index contributed by atoms with van der Waals surface area (Å²) in [6.45, 7) is 9.77. The van der Waals surface area contributed by atoms with Crippen LogP contribution in [-0.2, 0) is 13.0 Å². The number of nitrogens with zero attached hydrogens (tertiary/aromatic N) is 2. The van der Waals surface area contributed by atoms with Gasteiger partial charge in [0.15, 0.2) is 0 Å². The number of aryl methyl sites for hydroxylation is 3. The molecule has 0 aromatic carbocycles. The van der Waals surface area contributed by atoms with Crippen molar-refractivity contribution in [3.05, 3.63) is 39.3 Å². The highest BCUT2D eigenvalue weighted by atomic mass is 32.1. The number of hydrogen-bond donors (Lipinski definition) is 1. The predicted molar refractivity (Wildman–Crippen MR) is 86.9 cm³/mol. The first-order valence-electron chi connectivity index (χ1n) is 7.36. The lowest BCUT2D eigenvalue weighted by Gasteiger charge is -2.13. The minimum Gasteiger partial charge on any atom is -0.352 e. The average molecular weight is 305 g/mol. The van der Waals surface area contributed by atoms with E-state index in [2.05, 4.69) is 37.3 Å². The van der Waals surface area contributed by atoms with Crippen LogP contribution < -0.4 is 5.32 Å². The molecule has 114 valence electrons. The Balaban J connectivity index is 1.84. The zero-order chi connectivity index (χ0) is 15.4. The zero-order valence-electron chi connectivity index (χ0n) is 13.1. The first kappa shape index (κ1) is 15.8. The quantitative estimate of drug-likeness (QED) is 0.891. The van der Waals surface area contributed by atoms with Gasteiger partial charge in [-0.05, 0) is 38.3 Å². The summed E-state index contributed by atoms with van der Waals surface area (Å²) in [5, 5.41) is 9.40. The Bertz CT molecular complexity index is 615. The Morgan fingerprint density at radius 3 is 2.76 bits per heavy atom. The molecule has 0 aliphatic heterocycles. The molecule has 0 saturated heterocycles. The van der Waals surface area contributed by atoms with E-state index in [1.807, 2.05) is 23.1 Å². The van der Waals surface area contributed by atoms with Crippen LogP contribution in [0.25, 0.3) is 0 Å². The summed E-state index contributed by atoms with van der Waals surface area (Å²) < 4.78 is 2.01. The van der Waals surface area contributed by atoms with Gasteiger partial charge in [-0.1, -0.05) is 13.8 Å². The van der Waals surface area contributed by atoms with Crippen LogP contribution in [0.15, 0.2) is 17.5 Å². The van der Waals surface area contributed by atoms with E-state index in [0.29, 0.717) is 12.5 Å². The summed E-state index contributed by atoms with van der Waals surface area (Å²) in [5.41, 5.74) is 2.97. The fourth-order valence-electron chi connectivity index (χ4n) is 2.27. The maximum absolute atomic E-state index is 12.1. The normalized spacial score (nSPS) is 12.4. The van der Waals surface area contributed by atoms with Crippen LogP contribution in [0.5, 0.6) is 0 Å². The minimum atomic E-state index is 0.0196. The number of carbonyl (C=O) groups excluding carboxylic acids is 1. The number of amides is 1. The molecule has 2 aromatic rings. The van der Waals surface area contributed by atoms with E-state index in [0.717, 1.165) is 29.9 Å². The molecule has 1 atom stereocenters. The van der Waals surface area contributed by atoms with Crippen molar-refractivity contribution in [1.82, 2.24) is 15.1 Å². The molecule has 4 nitrogen and oxygen atoms in total. The SMILES string of the molecule is CCc1cc(C(=O)NC[C@@H](C)Cn2nc(C)cc2C)cs1. The van der Waals surface area contributed by atoms with Crippen molar-refractivity contribution in [1.29, 1.82) is 0 Å². The van der Waals surface area contributed by atoms with Crippen LogP contribution in [-0.4, -0.2) is 22.2 Å². The molecule has 1 N–H and O–H groups in total. The van der Waals surface area contributed by atoms with Crippen molar-refractivity contribution in [2.45, 2.75) is 40.7 Å². The fourth-order valence-corrected chi connectivity index (χ4v) is 3.09. The maximum Gasteiger partial charge on any atom is 0.252 e. The lowest BCUT2D eigenvalue weighted by molar-refractivity contribution is 0.0947. The molecule has 0 aliphatic carbocycles. The van der Waals surface area contributed by atoms with Gasteiger partial charge in [0.25, 0.3) is 5.91 Å². The number of thiophene rings is 1. The van der Waals surface area contributed by atoms with E-state index in [1.165, 1.54) is 4.88 Å². The van der Waals surface area contributed by atoms with E-state index in [-0.39, 0.29) is 5.91 Å². The van der Waals surface area contributed by atoms with Crippen LogP contribution in [0.1, 0.15) is 40.5 Å². The van der Waals surface area contributed by atoms with Crippen molar-refractivity contribution < 1.29 is 4.79 Å². The van der Waals surface area contributed by atoms with Crippen LogP contribution in [0, 0.1) is 19.8 Å². The molecule has 0 unspecified atom stereocenters. The van der Waals surface area contributed by atoms with Gasteiger partial charge in [0, 0.05) is 29.0 Å². The van der Waals surface area contributed by atoms with E-state index in [4.69, 9.17) is 0 Å². The first-order valence-corrected chi connectivity index (χ1v) is 8.24. The van der Waals surface area contributed by atoms with E-state index >= 15 is 0 Å². The van der Waals surface area contributed by atoms with Crippen molar-refractivity contribution in [3.63, 3.8) is 0 Å². The maximum atomic E-state index is 12.1. The molecule has 2 heterocycles. The summed E-state index contributed by atoms with van der Waals surface area (Å²) in [6, 6.07) is 4.05. The Kier molecular flexibility index (Phi) is 5.17. The molecule has 0 bridgehead atoms. The standard InChI is InChI=1S/C16H23N3OS/c1-5-15-7-14(10-21-15)16(20)17-8-11(2)9-19-13(4)6-12(3)18-19/h6-7,10-11H,5,8-9H2,1-4H3,(H,17,20)/t11-/m1/s1. The summed E-state index contributed by atoms with van der Waals surface area (Å²) >= 11 is 1.64. The monoisotopic (exact) mass is 305 g/mol. The molecule has 0 fully saturated rings. The van der Waals surface area contributed by atoms with Crippen molar-refractivity contribution in [2.24, 2.45) is 5.92 Å². The lowest BCUT2D eigenvalue weighted by Crippen LogP contribution is -2.30. The first-order chi connectivity index (χ1) is 9.99. The van der Waals surface area contributed by atoms with E-state index < -0.39 is 0 Å². The molecular formula is C16H23N3OS. The summed E-state index contributed by atoms with van der Waals surface area (Å²) in [5.74, 6) is 0.363. The van der Waals surface area contributed by atoms with Gasteiger partial charge < -0.3 is 5.32 Å². The molecule has 1 amide bonds. The second-order valence-electron chi connectivity index (χ2n) is 5.58. The topological polar surface area (TPSA) is 46.9 Å². The molecule has 0 radical (unpaired) electrons. The Morgan fingerprint density at radius 2 is 2.19 bits per heavy atom. The molecule has 5 heteroatoms. The largest absolute Gasteiger partial charge is 0.352 e. The molecule has 2 rings (SSSR count). The van der Waals surface area contributed by atoms with Gasteiger partial charge in [-0.2, -0.15) is 5.10 Å². The van der Waals surface area contributed by atoms with Gasteiger partial charge in [-0.3, -0.25) is 9.48 Å². The van der Waals surface area contributed by atoms with Crippen LogP contribution >= 0.6 is 11.3 Å². The minimum absolute atomic E-state index is 0.0196. The third-order valence-corrected chi connectivity index (χ3v) is 4.54. The van der Waals surface area contributed by atoms with Gasteiger partial charge in [0.2, 0.25) is 0 Å². The van der Waals surface area contributed by atoms with Crippen molar-refractivity contribution >= 4 is 17.2 Å². The average Bonchev–Trinajstić information content (AvgIpc) is 3.03. The van der Waals surface area contributed by atoms with Gasteiger partial charge in [0.1, 0.15) is 0 Å². The second-order valence-corrected chi connectivity index (χ2v) is 6.58. The van der Waals surface area contributed by atoms with Crippen LogP contribution in [0.2, 0.25) is 0 Å². The number of aromatic nitrogens is 2. The number of rotatable bonds is 6. The van der Waals surface area contributed by atoms with Gasteiger partial charge in [-0.15, -0.1) is 11.3 Å². The fraction of sp³-hybridized carbons (Fsp3) is 0.500. The Hall–Kier alpha value is -1.62. The number of carbonyl (C=O) groups is 1. The molecule has 0 saturated carbocycles. The summed E-state index contributed by atoms with van der Waals surface area (Å²) in [7, 11) is 0. The molecule has 21 heavy (non-hydrogen) atoms. The third-order valence-electron chi connectivity index (χ3n) is 3.46. The Labute approximate surface area is 130 Å². The highest BCUT2D eigenvalue weighted by Gasteiger charge is 2.11. The highest BCUT2D eigenvalue weighted by molar-refractivity contribution is 7.10. The van der Waals surface area contributed by atoms with E-state index in [1.54, 1.807) is 11.3 Å². The molecule has 0 aliphatic rings. The number of nitrogens with one attached hydrogen (secondary N) is 1. The van der Waals surface area contributed by atoms with Gasteiger partial charge >= 0.3 is 0 Å².